The van der Waals surface area contributed by atoms with Crippen molar-refractivity contribution in [2.24, 2.45) is 5.92 Å². The molecule has 0 aliphatic heterocycles. The molecule has 0 saturated heterocycles. The van der Waals surface area contributed by atoms with E-state index in [4.69, 9.17) is 0 Å². The van der Waals surface area contributed by atoms with Gasteiger partial charge in [0.25, 0.3) is 0 Å². The molecule has 0 unspecified atom stereocenters. The van der Waals surface area contributed by atoms with Crippen LogP contribution >= 0.6 is 0 Å². The average Bonchev–Trinajstić information content (AvgIpc) is 2.86. The van der Waals surface area contributed by atoms with Gasteiger partial charge >= 0.3 is 0 Å². The molecule has 0 bridgehead atoms. The summed E-state index contributed by atoms with van der Waals surface area (Å²) in [4.78, 5) is 0. The van der Waals surface area contributed by atoms with Crippen molar-refractivity contribution in [3.8, 4) is 11.1 Å². The number of aryl methyl sites for hydroxylation is 1. The number of hydrogen-bond acceptors (Lipinski definition) is 0. The van der Waals surface area contributed by atoms with E-state index in [2.05, 4.69) is 6.92 Å². The maximum atomic E-state index is 15.0. The second-order valence-corrected chi connectivity index (χ2v) is 9.51. The fourth-order valence-electron chi connectivity index (χ4n) is 5.09. The quantitative estimate of drug-likeness (QED) is 0.307. The lowest BCUT2D eigenvalue weighted by Gasteiger charge is -2.28. The lowest BCUT2D eigenvalue weighted by atomic mass is 9.77. The van der Waals surface area contributed by atoms with Crippen molar-refractivity contribution in [3.63, 3.8) is 0 Å². The standard InChI is InChI=1S/C31H33F3/c1-3-5-26-17-12-23(20-29(26)32)7-6-22-10-15-25(16-11-22)28-19-18-27(30(33)31(28)34)24-13-8-21(4-2)9-14-24/h6-7,10-12,15-21,24H,3-5,8-9,13-14H2,1-2H3/b7-6+. The molecule has 1 aliphatic rings. The van der Waals surface area contributed by atoms with Crippen LogP contribution in [-0.4, -0.2) is 0 Å². The molecule has 178 valence electrons. The van der Waals surface area contributed by atoms with Gasteiger partial charge in [-0.2, -0.15) is 0 Å². The molecule has 3 aromatic carbocycles. The highest BCUT2D eigenvalue weighted by Gasteiger charge is 2.25. The van der Waals surface area contributed by atoms with Crippen LogP contribution in [0.15, 0.2) is 54.6 Å². The molecule has 0 heterocycles. The summed E-state index contributed by atoms with van der Waals surface area (Å²) in [5.74, 6) is -0.815. The van der Waals surface area contributed by atoms with Crippen molar-refractivity contribution >= 4 is 12.2 Å². The minimum Gasteiger partial charge on any atom is -0.207 e. The predicted octanol–water partition coefficient (Wildman–Crippen LogP) is 9.58. The molecule has 4 rings (SSSR count). The van der Waals surface area contributed by atoms with Crippen LogP contribution in [0.4, 0.5) is 13.2 Å². The van der Waals surface area contributed by atoms with E-state index in [-0.39, 0.29) is 17.3 Å². The smallest absolute Gasteiger partial charge is 0.166 e. The van der Waals surface area contributed by atoms with Gasteiger partial charge in [-0.3, -0.25) is 0 Å². The highest BCUT2D eigenvalue weighted by Crippen LogP contribution is 2.39. The normalized spacial score (nSPS) is 18.5. The van der Waals surface area contributed by atoms with E-state index in [9.17, 15) is 8.78 Å². The van der Waals surface area contributed by atoms with E-state index in [1.807, 2.05) is 43.3 Å². The summed E-state index contributed by atoms with van der Waals surface area (Å²) in [5, 5.41) is 0. The highest BCUT2D eigenvalue weighted by atomic mass is 19.2. The molecule has 3 aromatic rings. The van der Waals surface area contributed by atoms with Crippen LogP contribution in [0.2, 0.25) is 0 Å². The number of rotatable bonds is 7. The zero-order valence-corrected chi connectivity index (χ0v) is 20.1. The Morgan fingerprint density at radius 3 is 2.09 bits per heavy atom. The lowest BCUT2D eigenvalue weighted by Crippen LogP contribution is -2.14. The Labute approximate surface area is 201 Å². The Morgan fingerprint density at radius 1 is 0.765 bits per heavy atom. The molecule has 0 nitrogen and oxygen atoms in total. The molecule has 0 N–H and O–H groups in total. The first-order valence-corrected chi connectivity index (χ1v) is 12.5. The van der Waals surface area contributed by atoms with Gasteiger partial charge < -0.3 is 0 Å². The molecule has 1 aliphatic carbocycles. The van der Waals surface area contributed by atoms with E-state index in [1.54, 1.807) is 30.3 Å². The number of hydrogen-bond donors (Lipinski definition) is 0. The van der Waals surface area contributed by atoms with Gasteiger partial charge in [0.1, 0.15) is 5.82 Å². The fraction of sp³-hybridized carbons (Fsp3) is 0.355. The molecule has 34 heavy (non-hydrogen) atoms. The zero-order chi connectivity index (χ0) is 24.1. The highest BCUT2D eigenvalue weighted by molar-refractivity contribution is 5.72. The van der Waals surface area contributed by atoms with Crippen molar-refractivity contribution in [2.75, 3.05) is 0 Å². The zero-order valence-electron chi connectivity index (χ0n) is 20.1. The third-order valence-corrected chi connectivity index (χ3v) is 7.26. The molecule has 0 amide bonds. The van der Waals surface area contributed by atoms with Gasteiger partial charge in [-0.1, -0.05) is 87.4 Å². The molecule has 1 fully saturated rings. The molecule has 1 saturated carbocycles. The first kappa shape index (κ1) is 24.3. The minimum atomic E-state index is -0.763. The first-order chi connectivity index (χ1) is 16.5. The van der Waals surface area contributed by atoms with E-state index in [0.717, 1.165) is 67.6 Å². The van der Waals surface area contributed by atoms with Crippen molar-refractivity contribution in [3.05, 3.63) is 94.3 Å². The molecule has 0 atom stereocenters. The van der Waals surface area contributed by atoms with Crippen molar-refractivity contribution < 1.29 is 13.2 Å². The van der Waals surface area contributed by atoms with Gasteiger partial charge in [0.05, 0.1) is 0 Å². The van der Waals surface area contributed by atoms with E-state index in [1.165, 1.54) is 0 Å². The van der Waals surface area contributed by atoms with Crippen LogP contribution in [0.25, 0.3) is 23.3 Å². The van der Waals surface area contributed by atoms with Gasteiger partial charge in [0.15, 0.2) is 11.6 Å². The SMILES string of the molecule is CCCc1ccc(/C=C/c2ccc(-c3ccc(C4CCC(CC)CC4)c(F)c3F)cc2)cc1F. The second-order valence-electron chi connectivity index (χ2n) is 9.51. The summed E-state index contributed by atoms with van der Waals surface area (Å²) in [5.41, 5.74) is 3.88. The molecule has 0 aromatic heterocycles. The van der Waals surface area contributed by atoms with Crippen LogP contribution in [0.1, 0.15) is 80.5 Å². The van der Waals surface area contributed by atoms with Crippen LogP contribution in [0.3, 0.4) is 0 Å². The third kappa shape index (κ3) is 5.46. The van der Waals surface area contributed by atoms with Crippen LogP contribution in [0, 0.1) is 23.4 Å². The number of benzene rings is 3. The van der Waals surface area contributed by atoms with Gasteiger partial charge in [0.2, 0.25) is 0 Å². The van der Waals surface area contributed by atoms with E-state index >= 15 is 4.39 Å². The largest absolute Gasteiger partial charge is 0.207 e. The van der Waals surface area contributed by atoms with E-state index in [0.29, 0.717) is 11.1 Å². The maximum Gasteiger partial charge on any atom is 0.166 e. The third-order valence-electron chi connectivity index (χ3n) is 7.26. The van der Waals surface area contributed by atoms with Crippen LogP contribution in [-0.2, 0) is 6.42 Å². The second kappa shape index (κ2) is 11.1. The predicted molar refractivity (Wildman–Crippen MR) is 136 cm³/mol. The summed E-state index contributed by atoms with van der Waals surface area (Å²) >= 11 is 0. The van der Waals surface area contributed by atoms with Gasteiger partial charge in [-0.25, -0.2) is 13.2 Å². The monoisotopic (exact) mass is 462 g/mol. The molecule has 0 spiro atoms. The first-order valence-electron chi connectivity index (χ1n) is 12.5. The van der Waals surface area contributed by atoms with Crippen molar-refractivity contribution in [1.29, 1.82) is 0 Å². The molecule has 3 heteroatoms. The number of halogens is 3. The molecular formula is C31H33F3. The fourth-order valence-corrected chi connectivity index (χ4v) is 5.09. The molecule has 0 radical (unpaired) electrons. The van der Waals surface area contributed by atoms with Crippen molar-refractivity contribution in [1.82, 2.24) is 0 Å². The Morgan fingerprint density at radius 2 is 1.44 bits per heavy atom. The lowest BCUT2D eigenvalue weighted by molar-refractivity contribution is 0.312. The van der Waals surface area contributed by atoms with Crippen LogP contribution in [0.5, 0.6) is 0 Å². The Balaban J connectivity index is 1.48. The van der Waals surface area contributed by atoms with Crippen molar-refractivity contribution in [2.45, 2.75) is 64.7 Å². The summed E-state index contributed by atoms with van der Waals surface area (Å²) in [6, 6.07) is 16.1. The van der Waals surface area contributed by atoms with Gasteiger partial charge in [0, 0.05) is 5.56 Å². The van der Waals surface area contributed by atoms with Gasteiger partial charge in [-0.15, -0.1) is 0 Å². The molecular weight excluding hydrogens is 429 g/mol. The van der Waals surface area contributed by atoms with Gasteiger partial charge in [-0.05, 0) is 77.8 Å². The average molecular weight is 463 g/mol. The maximum absolute atomic E-state index is 15.0. The Kier molecular flexibility index (Phi) is 7.92. The van der Waals surface area contributed by atoms with Crippen LogP contribution < -0.4 is 0 Å². The summed E-state index contributed by atoms with van der Waals surface area (Å²) < 4.78 is 44.2. The minimum absolute atomic E-state index is 0.111. The topological polar surface area (TPSA) is 0 Å². The van der Waals surface area contributed by atoms with E-state index < -0.39 is 11.6 Å². The summed E-state index contributed by atoms with van der Waals surface area (Å²) in [7, 11) is 0. The Hall–Kier alpha value is -2.81. The summed E-state index contributed by atoms with van der Waals surface area (Å²) in [6.07, 6.45) is 10.6. The Bertz CT molecular complexity index is 1140. The summed E-state index contributed by atoms with van der Waals surface area (Å²) in [6.45, 7) is 4.23.